The van der Waals surface area contributed by atoms with Crippen LogP contribution in [0, 0.1) is 5.82 Å². The highest BCUT2D eigenvalue weighted by atomic mass is 79.9. The van der Waals surface area contributed by atoms with E-state index in [0.29, 0.717) is 15.9 Å². The number of halogens is 2. The molecule has 0 fully saturated rings. The standard InChI is InChI=1S/C18H14BrFN4O/c1-10(2)24-16-8-12(4-6-15(16)22-23-24)18-17(21-9-25-18)11-3-5-14(20)13(19)7-11/h3-10H,1-2H3. The zero-order valence-electron chi connectivity index (χ0n) is 13.6. The molecule has 0 aliphatic carbocycles. The van der Waals surface area contributed by atoms with Gasteiger partial charge in [-0.3, -0.25) is 0 Å². The number of hydrogen-bond acceptors (Lipinski definition) is 4. The van der Waals surface area contributed by atoms with Crippen molar-refractivity contribution in [2.45, 2.75) is 19.9 Å². The molecular formula is C18H14BrFN4O. The summed E-state index contributed by atoms with van der Waals surface area (Å²) in [5.74, 6) is 0.305. The zero-order chi connectivity index (χ0) is 17.6. The van der Waals surface area contributed by atoms with Crippen LogP contribution >= 0.6 is 15.9 Å². The molecule has 2 aromatic carbocycles. The lowest BCUT2D eigenvalue weighted by atomic mass is 10.1. The van der Waals surface area contributed by atoms with E-state index in [-0.39, 0.29) is 11.9 Å². The van der Waals surface area contributed by atoms with Gasteiger partial charge < -0.3 is 4.42 Å². The van der Waals surface area contributed by atoms with Crippen LogP contribution in [-0.4, -0.2) is 20.0 Å². The molecule has 0 spiro atoms. The minimum atomic E-state index is -0.317. The maximum absolute atomic E-state index is 13.5. The Morgan fingerprint density at radius 2 is 1.92 bits per heavy atom. The maximum atomic E-state index is 13.5. The number of aromatic nitrogens is 4. The van der Waals surface area contributed by atoms with Crippen LogP contribution in [0.5, 0.6) is 0 Å². The average Bonchev–Trinajstić information content (AvgIpc) is 3.23. The Balaban J connectivity index is 1.86. The van der Waals surface area contributed by atoms with Crippen LogP contribution in [0.2, 0.25) is 0 Å². The first-order chi connectivity index (χ1) is 12.0. The van der Waals surface area contributed by atoms with Gasteiger partial charge in [-0.25, -0.2) is 14.1 Å². The predicted molar refractivity (Wildman–Crippen MR) is 96.5 cm³/mol. The van der Waals surface area contributed by atoms with Crippen molar-refractivity contribution in [3.8, 4) is 22.6 Å². The summed E-state index contributed by atoms with van der Waals surface area (Å²) >= 11 is 3.21. The Morgan fingerprint density at radius 1 is 1.12 bits per heavy atom. The first-order valence-electron chi connectivity index (χ1n) is 7.79. The molecular weight excluding hydrogens is 387 g/mol. The third-order valence-electron chi connectivity index (χ3n) is 3.98. The van der Waals surface area contributed by atoms with Crippen LogP contribution in [0.25, 0.3) is 33.6 Å². The van der Waals surface area contributed by atoms with Crippen molar-refractivity contribution in [3.05, 3.63) is 53.1 Å². The lowest BCUT2D eigenvalue weighted by Crippen LogP contribution is -2.02. The second kappa shape index (κ2) is 6.07. The van der Waals surface area contributed by atoms with E-state index in [9.17, 15) is 4.39 Å². The molecule has 0 radical (unpaired) electrons. The minimum absolute atomic E-state index is 0.197. The summed E-state index contributed by atoms with van der Waals surface area (Å²) in [6.07, 6.45) is 1.39. The molecule has 0 N–H and O–H groups in total. The fourth-order valence-corrected chi connectivity index (χ4v) is 3.14. The van der Waals surface area contributed by atoms with E-state index < -0.39 is 0 Å². The molecule has 4 aromatic rings. The highest BCUT2D eigenvalue weighted by molar-refractivity contribution is 9.10. The molecule has 2 aromatic heterocycles. The first-order valence-corrected chi connectivity index (χ1v) is 8.58. The molecule has 0 aliphatic heterocycles. The number of nitrogens with zero attached hydrogens (tertiary/aromatic N) is 4. The molecule has 0 amide bonds. The number of hydrogen-bond donors (Lipinski definition) is 0. The van der Waals surface area contributed by atoms with E-state index in [0.717, 1.165) is 22.2 Å². The highest BCUT2D eigenvalue weighted by Gasteiger charge is 2.16. The molecule has 25 heavy (non-hydrogen) atoms. The van der Waals surface area contributed by atoms with Crippen molar-refractivity contribution >= 4 is 27.0 Å². The molecule has 0 atom stereocenters. The van der Waals surface area contributed by atoms with E-state index in [1.807, 2.05) is 22.9 Å². The van der Waals surface area contributed by atoms with Gasteiger partial charge in [0.15, 0.2) is 12.2 Å². The van der Waals surface area contributed by atoms with Gasteiger partial charge in [-0.15, -0.1) is 5.10 Å². The normalized spacial score (nSPS) is 11.6. The van der Waals surface area contributed by atoms with Gasteiger partial charge in [-0.2, -0.15) is 0 Å². The van der Waals surface area contributed by atoms with Crippen molar-refractivity contribution in [3.63, 3.8) is 0 Å². The lowest BCUT2D eigenvalue weighted by molar-refractivity contribution is 0.530. The van der Waals surface area contributed by atoms with Crippen molar-refractivity contribution < 1.29 is 8.81 Å². The Morgan fingerprint density at radius 3 is 2.68 bits per heavy atom. The molecule has 0 bridgehead atoms. The van der Waals surface area contributed by atoms with Gasteiger partial charge in [0, 0.05) is 17.2 Å². The average molecular weight is 401 g/mol. The van der Waals surface area contributed by atoms with Gasteiger partial charge in [0.1, 0.15) is 17.0 Å². The summed E-state index contributed by atoms with van der Waals surface area (Å²) in [5, 5.41) is 8.37. The highest BCUT2D eigenvalue weighted by Crippen LogP contribution is 2.34. The molecule has 0 aliphatic rings. The van der Waals surface area contributed by atoms with Crippen LogP contribution in [0.4, 0.5) is 4.39 Å². The minimum Gasteiger partial charge on any atom is -0.443 e. The second-order valence-corrected chi connectivity index (χ2v) is 6.84. The maximum Gasteiger partial charge on any atom is 0.182 e. The van der Waals surface area contributed by atoms with Crippen molar-refractivity contribution in [1.29, 1.82) is 0 Å². The monoisotopic (exact) mass is 400 g/mol. The van der Waals surface area contributed by atoms with Gasteiger partial charge in [-0.05, 0) is 66.2 Å². The predicted octanol–water partition coefficient (Wildman–Crippen LogP) is 5.24. The largest absolute Gasteiger partial charge is 0.443 e. The van der Waals surface area contributed by atoms with Crippen LogP contribution in [0.1, 0.15) is 19.9 Å². The Kier molecular flexibility index (Phi) is 3.88. The molecule has 7 heteroatoms. The van der Waals surface area contributed by atoms with E-state index in [2.05, 4.69) is 45.1 Å². The summed E-state index contributed by atoms with van der Waals surface area (Å²) in [5.41, 5.74) is 4.04. The fraction of sp³-hybridized carbons (Fsp3) is 0.167. The quantitative estimate of drug-likeness (QED) is 0.471. The first kappa shape index (κ1) is 16.0. The Labute approximate surface area is 151 Å². The van der Waals surface area contributed by atoms with Crippen LogP contribution in [0.15, 0.2) is 51.7 Å². The molecule has 4 rings (SSSR count). The molecule has 2 heterocycles. The van der Waals surface area contributed by atoms with Crippen LogP contribution < -0.4 is 0 Å². The topological polar surface area (TPSA) is 56.7 Å². The molecule has 0 unspecified atom stereocenters. The van der Waals surface area contributed by atoms with E-state index in [1.165, 1.54) is 12.5 Å². The van der Waals surface area contributed by atoms with Crippen molar-refractivity contribution in [1.82, 2.24) is 20.0 Å². The van der Waals surface area contributed by atoms with Gasteiger partial charge in [0.25, 0.3) is 0 Å². The molecule has 0 saturated heterocycles. The van der Waals surface area contributed by atoms with Gasteiger partial charge in [0.05, 0.1) is 9.99 Å². The summed E-state index contributed by atoms with van der Waals surface area (Å²) in [7, 11) is 0. The number of fused-ring (bicyclic) bond motifs is 1. The molecule has 5 nitrogen and oxygen atoms in total. The van der Waals surface area contributed by atoms with Gasteiger partial charge in [0.2, 0.25) is 0 Å². The third kappa shape index (κ3) is 2.74. The Bertz CT molecular complexity index is 1070. The number of benzene rings is 2. The van der Waals surface area contributed by atoms with Crippen LogP contribution in [0.3, 0.4) is 0 Å². The smallest absolute Gasteiger partial charge is 0.182 e. The summed E-state index contributed by atoms with van der Waals surface area (Å²) in [4.78, 5) is 4.31. The number of rotatable bonds is 3. The van der Waals surface area contributed by atoms with Gasteiger partial charge >= 0.3 is 0 Å². The number of oxazole rings is 1. The van der Waals surface area contributed by atoms with Gasteiger partial charge in [-0.1, -0.05) is 5.21 Å². The van der Waals surface area contributed by atoms with Crippen molar-refractivity contribution in [2.75, 3.05) is 0 Å². The van der Waals surface area contributed by atoms with E-state index in [1.54, 1.807) is 12.1 Å². The zero-order valence-corrected chi connectivity index (χ0v) is 15.2. The third-order valence-corrected chi connectivity index (χ3v) is 4.59. The van der Waals surface area contributed by atoms with Crippen molar-refractivity contribution in [2.24, 2.45) is 0 Å². The second-order valence-electron chi connectivity index (χ2n) is 5.99. The van der Waals surface area contributed by atoms with E-state index >= 15 is 0 Å². The summed E-state index contributed by atoms with van der Waals surface area (Å²) in [6.45, 7) is 4.10. The Hall–Kier alpha value is -2.54. The fourth-order valence-electron chi connectivity index (χ4n) is 2.76. The van der Waals surface area contributed by atoms with Crippen LogP contribution in [-0.2, 0) is 0 Å². The van der Waals surface area contributed by atoms with E-state index in [4.69, 9.17) is 4.42 Å². The summed E-state index contributed by atoms with van der Waals surface area (Å²) < 4.78 is 21.4. The summed E-state index contributed by atoms with van der Waals surface area (Å²) in [6, 6.07) is 10.8. The lowest BCUT2D eigenvalue weighted by Gasteiger charge is -2.07. The SMILES string of the molecule is CC(C)n1nnc2ccc(-c3ocnc3-c3ccc(F)c(Br)c3)cc21. The molecule has 0 saturated carbocycles. The molecule has 126 valence electrons.